The number of carboxylic acid groups (broad SMARTS) is 1. The third-order valence-electron chi connectivity index (χ3n) is 3.64. The number of hydrogen-bond acceptors (Lipinski definition) is 5. The standard InChI is InChI=1S/C12H16N4O3/c1-2-12(11(18)19)4-3-7-16(12)10-8(9(13)17)14-5-6-15-10/h5-6H,2-4,7H2,1H3,(H2,13,17)(H,18,19). The zero-order valence-corrected chi connectivity index (χ0v) is 10.7. The van der Waals surface area contributed by atoms with Gasteiger partial charge in [-0.2, -0.15) is 0 Å². The number of carboxylic acids is 1. The molecule has 19 heavy (non-hydrogen) atoms. The molecule has 1 fully saturated rings. The van der Waals surface area contributed by atoms with E-state index in [0.29, 0.717) is 19.4 Å². The highest BCUT2D eigenvalue weighted by Crippen LogP contribution is 2.36. The number of nitrogens with zero attached hydrogens (tertiary/aromatic N) is 3. The van der Waals surface area contributed by atoms with Crippen molar-refractivity contribution in [2.24, 2.45) is 5.73 Å². The Bertz CT molecular complexity index is 519. The summed E-state index contributed by atoms with van der Waals surface area (Å²) in [5.74, 6) is -1.35. The van der Waals surface area contributed by atoms with Gasteiger partial charge in [-0.25, -0.2) is 14.8 Å². The summed E-state index contributed by atoms with van der Waals surface area (Å²) >= 11 is 0. The van der Waals surface area contributed by atoms with Crippen molar-refractivity contribution in [1.29, 1.82) is 0 Å². The molecule has 1 aliphatic rings. The largest absolute Gasteiger partial charge is 0.479 e. The van der Waals surface area contributed by atoms with Gasteiger partial charge in [0.1, 0.15) is 5.54 Å². The van der Waals surface area contributed by atoms with Crippen molar-refractivity contribution >= 4 is 17.7 Å². The zero-order chi connectivity index (χ0) is 14.0. The van der Waals surface area contributed by atoms with Gasteiger partial charge in [-0.3, -0.25) is 4.79 Å². The number of aliphatic carboxylic acids is 1. The third-order valence-corrected chi connectivity index (χ3v) is 3.64. The normalized spacial score (nSPS) is 22.5. The lowest BCUT2D eigenvalue weighted by Crippen LogP contribution is -2.51. The minimum Gasteiger partial charge on any atom is -0.479 e. The molecule has 1 saturated heterocycles. The Morgan fingerprint density at radius 2 is 2.16 bits per heavy atom. The van der Waals surface area contributed by atoms with Gasteiger partial charge in [-0.15, -0.1) is 0 Å². The van der Waals surface area contributed by atoms with Crippen LogP contribution in [0.25, 0.3) is 0 Å². The fourth-order valence-corrected chi connectivity index (χ4v) is 2.63. The quantitative estimate of drug-likeness (QED) is 0.815. The van der Waals surface area contributed by atoms with Crippen LogP contribution in [0.15, 0.2) is 12.4 Å². The van der Waals surface area contributed by atoms with Gasteiger partial charge in [0.05, 0.1) is 0 Å². The van der Waals surface area contributed by atoms with Crippen molar-refractivity contribution in [2.75, 3.05) is 11.4 Å². The van der Waals surface area contributed by atoms with Gasteiger partial charge >= 0.3 is 5.97 Å². The Balaban J connectivity index is 2.52. The van der Waals surface area contributed by atoms with Crippen molar-refractivity contribution in [2.45, 2.75) is 31.7 Å². The molecule has 0 radical (unpaired) electrons. The second kappa shape index (κ2) is 4.83. The lowest BCUT2D eigenvalue weighted by Gasteiger charge is -2.35. The number of carbonyl (C=O) groups is 2. The van der Waals surface area contributed by atoms with Crippen LogP contribution in [0.3, 0.4) is 0 Å². The first-order valence-corrected chi connectivity index (χ1v) is 6.15. The fraction of sp³-hybridized carbons (Fsp3) is 0.500. The Kier molecular flexibility index (Phi) is 3.37. The van der Waals surface area contributed by atoms with Crippen LogP contribution in [0.1, 0.15) is 36.7 Å². The minimum atomic E-state index is -1.03. The van der Waals surface area contributed by atoms with Crippen LogP contribution in [0.2, 0.25) is 0 Å². The van der Waals surface area contributed by atoms with Crippen molar-refractivity contribution in [1.82, 2.24) is 9.97 Å². The van der Waals surface area contributed by atoms with Crippen molar-refractivity contribution in [3.05, 3.63) is 18.1 Å². The van der Waals surface area contributed by atoms with Crippen LogP contribution in [0.4, 0.5) is 5.82 Å². The Hall–Kier alpha value is -2.18. The van der Waals surface area contributed by atoms with E-state index in [9.17, 15) is 14.7 Å². The minimum absolute atomic E-state index is 0.0171. The number of primary amides is 1. The van der Waals surface area contributed by atoms with Crippen LogP contribution in [0, 0.1) is 0 Å². The summed E-state index contributed by atoms with van der Waals surface area (Å²) in [4.78, 5) is 32.7. The summed E-state index contributed by atoms with van der Waals surface area (Å²) in [6, 6.07) is 0. The third kappa shape index (κ3) is 2.00. The van der Waals surface area contributed by atoms with Crippen LogP contribution >= 0.6 is 0 Å². The first-order valence-electron chi connectivity index (χ1n) is 6.15. The summed E-state index contributed by atoms with van der Waals surface area (Å²) in [6.45, 7) is 2.34. The fourth-order valence-electron chi connectivity index (χ4n) is 2.63. The summed E-state index contributed by atoms with van der Waals surface area (Å²) in [6.07, 6.45) is 4.48. The van der Waals surface area contributed by atoms with Crippen molar-refractivity contribution in [3.63, 3.8) is 0 Å². The Morgan fingerprint density at radius 3 is 2.74 bits per heavy atom. The summed E-state index contributed by atoms with van der Waals surface area (Å²) < 4.78 is 0. The van der Waals surface area contributed by atoms with E-state index in [1.165, 1.54) is 12.4 Å². The van der Waals surface area contributed by atoms with E-state index < -0.39 is 17.4 Å². The molecular weight excluding hydrogens is 248 g/mol. The monoisotopic (exact) mass is 264 g/mol. The van der Waals surface area contributed by atoms with Gasteiger partial charge in [0, 0.05) is 18.9 Å². The molecule has 0 aromatic carbocycles. The summed E-state index contributed by atoms with van der Waals surface area (Å²) in [5, 5.41) is 9.52. The second-order valence-corrected chi connectivity index (χ2v) is 4.54. The average molecular weight is 264 g/mol. The molecule has 0 bridgehead atoms. The molecule has 0 spiro atoms. The van der Waals surface area contributed by atoms with E-state index in [-0.39, 0.29) is 11.5 Å². The Labute approximate surface area is 110 Å². The molecule has 0 aliphatic carbocycles. The van der Waals surface area contributed by atoms with E-state index in [2.05, 4.69) is 9.97 Å². The smallest absolute Gasteiger partial charge is 0.329 e. The van der Waals surface area contributed by atoms with Gasteiger partial charge in [0.2, 0.25) is 0 Å². The molecule has 1 aromatic heterocycles. The SMILES string of the molecule is CCC1(C(=O)O)CCCN1c1nccnc1C(N)=O. The van der Waals surface area contributed by atoms with Gasteiger partial charge < -0.3 is 15.7 Å². The number of aromatic nitrogens is 2. The molecule has 0 saturated carbocycles. The molecule has 102 valence electrons. The number of nitrogens with two attached hydrogens (primary N) is 1. The molecule has 2 heterocycles. The number of hydrogen-bond donors (Lipinski definition) is 2. The second-order valence-electron chi connectivity index (χ2n) is 4.54. The van der Waals surface area contributed by atoms with Gasteiger partial charge in [-0.05, 0) is 19.3 Å². The molecule has 1 aromatic rings. The molecule has 7 nitrogen and oxygen atoms in total. The number of anilines is 1. The summed E-state index contributed by atoms with van der Waals surface area (Å²) in [7, 11) is 0. The topological polar surface area (TPSA) is 109 Å². The zero-order valence-electron chi connectivity index (χ0n) is 10.7. The van der Waals surface area contributed by atoms with Crippen LogP contribution in [0.5, 0.6) is 0 Å². The molecule has 7 heteroatoms. The number of carbonyl (C=O) groups excluding carboxylic acids is 1. The van der Waals surface area contributed by atoms with E-state index in [4.69, 9.17) is 5.73 Å². The molecule has 1 aliphatic heterocycles. The Morgan fingerprint density at radius 1 is 1.47 bits per heavy atom. The van der Waals surface area contributed by atoms with E-state index in [0.717, 1.165) is 6.42 Å². The molecule has 2 rings (SSSR count). The van der Waals surface area contributed by atoms with Gasteiger partial charge in [0.15, 0.2) is 11.5 Å². The van der Waals surface area contributed by atoms with Crippen molar-refractivity contribution < 1.29 is 14.7 Å². The maximum atomic E-state index is 11.6. The average Bonchev–Trinajstić information content (AvgIpc) is 2.83. The first kappa shape index (κ1) is 13.3. The molecule has 1 unspecified atom stereocenters. The summed E-state index contributed by atoms with van der Waals surface area (Å²) in [5.41, 5.74) is 4.26. The lowest BCUT2D eigenvalue weighted by atomic mass is 9.93. The predicted octanol–water partition coefficient (Wildman–Crippen LogP) is 0.409. The maximum absolute atomic E-state index is 11.6. The number of rotatable bonds is 4. The molecular formula is C12H16N4O3. The maximum Gasteiger partial charge on any atom is 0.329 e. The molecule has 1 atom stereocenters. The van der Waals surface area contributed by atoms with Gasteiger partial charge in [-0.1, -0.05) is 6.92 Å². The van der Waals surface area contributed by atoms with Crippen molar-refractivity contribution in [3.8, 4) is 0 Å². The highest BCUT2D eigenvalue weighted by molar-refractivity contribution is 5.97. The predicted molar refractivity (Wildman–Crippen MR) is 67.8 cm³/mol. The lowest BCUT2D eigenvalue weighted by molar-refractivity contribution is -0.143. The van der Waals surface area contributed by atoms with E-state index >= 15 is 0 Å². The molecule has 3 N–H and O–H groups in total. The van der Waals surface area contributed by atoms with E-state index in [1.807, 2.05) is 6.92 Å². The van der Waals surface area contributed by atoms with E-state index in [1.54, 1.807) is 4.90 Å². The highest BCUT2D eigenvalue weighted by Gasteiger charge is 2.47. The first-order chi connectivity index (χ1) is 9.03. The highest BCUT2D eigenvalue weighted by atomic mass is 16.4. The van der Waals surface area contributed by atoms with Crippen LogP contribution < -0.4 is 10.6 Å². The van der Waals surface area contributed by atoms with Crippen LogP contribution in [-0.4, -0.2) is 39.0 Å². The van der Waals surface area contributed by atoms with Crippen LogP contribution in [-0.2, 0) is 4.79 Å². The van der Waals surface area contributed by atoms with Gasteiger partial charge in [0.25, 0.3) is 5.91 Å². The number of amides is 1. The molecule has 1 amide bonds.